The fourth-order valence-electron chi connectivity index (χ4n) is 3.25. The number of hydrogen-bond acceptors (Lipinski definition) is 3. The van der Waals surface area contributed by atoms with E-state index in [9.17, 15) is 4.79 Å². The van der Waals surface area contributed by atoms with Gasteiger partial charge in [0.05, 0.1) is 12.9 Å². The lowest BCUT2D eigenvalue weighted by Crippen LogP contribution is -2.57. The minimum Gasteiger partial charge on any atom is -0.501 e. The Kier molecular flexibility index (Phi) is 7.32. The van der Waals surface area contributed by atoms with Crippen molar-refractivity contribution >= 4 is 5.91 Å². The number of nitrogens with zero attached hydrogens (tertiary/aromatic N) is 2. The molecule has 2 atom stereocenters. The first-order chi connectivity index (χ1) is 11.6. The maximum atomic E-state index is 12.3. The van der Waals surface area contributed by atoms with Gasteiger partial charge < -0.3 is 9.64 Å². The monoisotopic (exact) mass is 330 g/mol. The molecule has 1 amide bonds. The van der Waals surface area contributed by atoms with Gasteiger partial charge in [0.25, 0.3) is 0 Å². The van der Waals surface area contributed by atoms with Crippen molar-refractivity contribution in [1.82, 2.24) is 9.80 Å². The highest BCUT2D eigenvalue weighted by Gasteiger charge is 2.30. The van der Waals surface area contributed by atoms with Crippen LogP contribution in [0, 0.1) is 0 Å². The standard InChI is InChI=1S/C20H30N2O2/c1-4-24-14-12-20(23)22-16-17(2)21(15-18(22)3)13-8-11-19-9-6-5-7-10-19/h5-7,9-10,12,14,17-18H,4,8,11,13,15-16H2,1-3H3/b14-12+/t17-,18+/m0/s1. The molecule has 1 fully saturated rings. The molecule has 0 aliphatic carbocycles. The van der Waals surface area contributed by atoms with Gasteiger partial charge in [-0.15, -0.1) is 0 Å². The highest BCUT2D eigenvalue weighted by molar-refractivity contribution is 5.87. The Balaban J connectivity index is 1.80. The third-order valence-electron chi connectivity index (χ3n) is 4.63. The number of amides is 1. The molecule has 1 aromatic carbocycles. The molecule has 1 aromatic rings. The Morgan fingerprint density at radius 1 is 1.21 bits per heavy atom. The number of hydrogen-bond donors (Lipinski definition) is 0. The molecule has 1 heterocycles. The van der Waals surface area contributed by atoms with E-state index in [0.29, 0.717) is 12.6 Å². The molecule has 0 unspecified atom stereocenters. The number of carbonyl (C=O) groups excluding carboxylic acids is 1. The Morgan fingerprint density at radius 3 is 2.67 bits per heavy atom. The maximum Gasteiger partial charge on any atom is 0.249 e. The second-order valence-electron chi connectivity index (χ2n) is 6.53. The van der Waals surface area contributed by atoms with Crippen LogP contribution in [0.4, 0.5) is 0 Å². The van der Waals surface area contributed by atoms with E-state index in [1.807, 2.05) is 11.8 Å². The fourth-order valence-corrected chi connectivity index (χ4v) is 3.25. The molecule has 4 heteroatoms. The number of ether oxygens (including phenoxy) is 1. The fraction of sp³-hybridized carbons (Fsp3) is 0.550. The predicted molar refractivity (Wildman–Crippen MR) is 97.7 cm³/mol. The summed E-state index contributed by atoms with van der Waals surface area (Å²) in [7, 11) is 0. The summed E-state index contributed by atoms with van der Waals surface area (Å²) in [6.45, 7) is 9.63. The zero-order valence-corrected chi connectivity index (χ0v) is 15.1. The van der Waals surface area contributed by atoms with Gasteiger partial charge in [-0.25, -0.2) is 0 Å². The topological polar surface area (TPSA) is 32.8 Å². The van der Waals surface area contributed by atoms with Crippen molar-refractivity contribution in [2.75, 3.05) is 26.2 Å². The van der Waals surface area contributed by atoms with Gasteiger partial charge in [0.2, 0.25) is 5.91 Å². The van der Waals surface area contributed by atoms with Gasteiger partial charge in [-0.05, 0) is 45.7 Å². The van der Waals surface area contributed by atoms with E-state index < -0.39 is 0 Å². The Morgan fingerprint density at radius 2 is 1.96 bits per heavy atom. The summed E-state index contributed by atoms with van der Waals surface area (Å²) in [6.07, 6.45) is 5.31. The molecule has 0 bridgehead atoms. The third kappa shape index (κ3) is 5.38. The van der Waals surface area contributed by atoms with Gasteiger partial charge in [0.15, 0.2) is 0 Å². The average Bonchev–Trinajstić information content (AvgIpc) is 2.58. The molecule has 0 radical (unpaired) electrons. The van der Waals surface area contributed by atoms with E-state index in [-0.39, 0.29) is 11.9 Å². The molecular formula is C20H30N2O2. The summed E-state index contributed by atoms with van der Waals surface area (Å²) >= 11 is 0. The normalized spacial score (nSPS) is 22.0. The lowest BCUT2D eigenvalue weighted by Gasteiger charge is -2.43. The molecule has 132 valence electrons. The van der Waals surface area contributed by atoms with Crippen LogP contribution >= 0.6 is 0 Å². The van der Waals surface area contributed by atoms with Crippen molar-refractivity contribution in [1.29, 1.82) is 0 Å². The van der Waals surface area contributed by atoms with Crippen molar-refractivity contribution in [2.24, 2.45) is 0 Å². The van der Waals surface area contributed by atoms with Crippen LogP contribution in [0.2, 0.25) is 0 Å². The molecule has 0 saturated carbocycles. The van der Waals surface area contributed by atoms with E-state index in [0.717, 1.165) is 32.5 Å². The number of carbonyl (C=O) groups is 1. The molecule has 0 spiro atoms. The Bertz CT molecular complexity index is 530. The van der Waals surface area contributed by atoms with Gasteiger partial charge in [-0.2, -0.15) is 0 Å². The second kappa shape index (κ2) is 9.48. The summed E-state index contributed by atoms with van der Waals surface area (Å²) < 4.78 is 5.13. The maximum absolute atomic E-state index is 12.3. The van der Waals surface area contributed by atoms with Crippen LogP contribution in [0.15, 0.2) is 42.7 Å². The van der Waals surface area contributed by atoms with Gasteiger partial charge in [-0.3, -0.25) is 9.69 Å². The van der Waals surface area contributed by atoms with Crippen LogP contribution in [-0.2, 0) is 16.0 Å². The largest absolute Gasteiger partial charge is 0.501 e. The molecule has 1 aliphatic heterocycles. The molecule has 24 heavy (non-hydrogen) atoms. The van der Waals surface area contributed by atoms with Crippen LogP contribution in [0.1, 0.15) is 32.8 Å². The SMILES string of the molecule is CCO/C=C/C(=O)N1C[C@H](C)N(CCCc2ccccc2)C[C@H]1C. The molecule has 4 nitrogen and oxygen atoms in total. The van der Waals surface area contributed by atoms with Crippen molar-refractivity contribution in [3.05, 3.63) is 48.2 Å². The van der Waals surface area contributed by atoms with E-state index in [1.165, 1.54) is 17.9 Å². The summed E-state index contributed by atoms with van der Waals surface area (Å²) in [5, 5.41) is 0. The molecule has 0 N–H and O–H groups in total. The van der Waals surface area contributed by atoms with Crippen molar-refractivity contribution < 1.29 is 9.53 Å². The predicted octanol–water partition coefficient (Wildman–Crippen LogP) is 3.09. The summed E-state index contributed by atoms with van der Waals surface area (Å²) in [5.74, 6) is 0.0479. The Labute approximate surface area is 146 Å². The van der Waals surface area contributed by atoms with Crippen LogP contribution in [0.5, 0.6) is 0 Å². The first kappa shape index (κ1) is 18.5. The van der Waals surface area contributed by atoms with Crippen molar-refractivity contribution in [3.8, 4) is 0 Å². The van der Waals surface area contributed by atoms with Gasteiger partial charge in [0, 0.05) is 31.2 Å². The Hall–Kier alpha value is -1.81. The summed E-state index contributed by atoms with van der Waals surface area (Å²) in [5.41, 5.74) is 1.40. The lowest BCUT2D eigenvalue weighted by atomic mass is 10.1. The quantitative estimate of drug-likeness (QED) is 0.569. The van der Waals surface area contributed by atoms with Crippen LogP contribution in [-0.4, -0.2) is 54.0 Å². The van der Waals surface area contributed by atoms with E-state index >= 15 is 0 Å². The van der Waals surface area contributed by atoms with Gasteiger partial charge in [0.1, 0.15) is 0 Å². The number of piperazine rings is 1. The zero-order chi connectivity index (χ0) is 17.4. The highest BCUT2D eigenvalue weighted by Crippen LogP contribution is 2.17. The number of benzene rings is 1. The van der Waals surface area contributed by atoms with Crippen LogP contribution < -0.4 is 0 Å². The average molecular weight is 330 g/mol. The summed E-state index contributed by atoms with van der Waals surface area (Å²) in [6, 6.07) is 11.3. The van der Waals surface area contributed by atoms with E-state index in [2.05, 4.69) is 49.1 Å². The van der Waals surface area contributed by atoms with Gasteiger partial charge >= 0.3 is 0 Å². The second-order valence-corrected chi connectivity index (χ2v) is 6.53. The van der Waals surface area contributed by atoms with E-state index in [4.69, 9.17) is 4.74 Å². The smallest absolute Gasteiger partial charge is 0.249 e. The first-order valence-corrected chi connectivity index (χ1v) is 8.98. The number of rotatable bonds is 7. The highest BCUT2D eigenvalue weighted by atomic mass is 16.5. The summed E-state index contributed by atoms with van der Waals surface area (Å²) in [4.78, 5) is 16.7. The van der Waals surface area contributed by atoms with Crippen molar-refractivity contribution in [2.45, 2.75) is 45.7 Å². The zero-order valence-electron chi connectivity index (χ0n) is 15.1. The van der Waals surface area contributed by atoms with Crippen molar-refractivity contribution in [3.63, 3.8) is 0 Å². The van der Waals surface area contributed by atoms with E-state index in [1.54, 1.807) is 0 Å². The molecular weight excluding hydrogens is 300 g/mol. The van der Waals surface area contributed by atoms with Crippen LogP contribution in [0.25, 0.3) is 0 Å². The number of aryl methyl sites for hydroxylation is 1. The lowest BCUT2D eigenvalue weighted by molar-refractivity contribution is -0.131. The van der Waals surface area contributed by atoms with Crippen LogP contribution in [0.3, 0.4) is 0 Å². The molecule has 0 aromatic heterocycles. The van der Waals surface area contributed by atoms with Gasteiger partial charge in [-0.1, -0.05) is 30.3 Å². The molecule has 1 saturated heterocycles. The minimum atomic E-state index is 0.0479. The first-order valence-electron chi connectivity index (χ1n) is 8.98. The minimum absolute atomic E-state index is 0.0479. The third-order valence-corrected chi connectivity index (χ3v) is 4.63. The molecule has 1 aliphatic rings. The molecule has 2 rings (SSSR count).